The van der Waals surface area contributed by atoms with Crippen LogP contribution in [-0.4, -0.2) is 57.5 Å². The van der Waals surface area contributed by atoms with E-state index in [1.807, 2.05) is 25.7 Å². The standard InChI is InChI=1S/C24H26F2N4O3/c1-24(2,3)33-23(32)29-12-10-28(11-13-29)15-30-22(31)18-7-5-4-6-17(18)21(27-30)16-8-9-19(25)20(26)14-16/h4-9,14H,10-13,15H2,1-3H3. The molecule has 7 nitrogen and oxygen atoms in total. The Kier molecular flexibility index (Phi) is 6.16. The van der Waals surface area contributed by atoms with Crippen molar-refractivity contribution >= 4 is 16.9 Å². The zero-order valence-electron chi connectivity index (χ0n) is 18.8. The van der Waals surface area contributed by atoms with Crippen LogP contribution in [0.2, 0.25) is 0 Å². The fourth-order valence-corrected chi connectivity index (χ4v) is 3.78. The Labute approximate surface area is 190 Å². The summed E-state index contributed by atoms with van der Waals surface area (Å²) in [6.07, 6.45) is -0.358. The number of carbonyl (C=O) groups is 1. The third-order valence-corrected chi connectivity index (χ3v) is 5.42. The minimum atomic E-state index is -0.977. The highest BCUT2D eigenvalue weighted by Gasteiger charge is 2.26. The minimum absolute atomic E-state index is 0.211. The molecule has 2 aromatic carbocycles. The number of fused-ring (bicyclic) bond motifs is 1. The van der Waals surface area contributed by atoms with Crippen LogP contribution in [0.15, 0.2) is 47.3 Å². The Balaban J connectivity index is 1.59. The molecule has 0 atom stereocenters. The van der Waals surface area contributed by atoms with Crippen LogP contribution in [0.4, 0.5) is 13.6 Å². The molecule has 2 heterocycles. The highest BCUT2D eigenvalue weighted by atomic mass is 19.2. The third kappa shape index (κ3) is 5.03. The molecular weight excluding hydrogens is 430 g/mol. The molecule has 1 aromatic heterocycles. The quantitative estimate of drug-likeness (QED) is 0.599. The predicted molar refractivity (Wildman–Crippen MR) is 121 cm³/mol. The largest absolute Gasteiger partial charge is 0.444 e. The molecule has 9 heteroatoms. The van der Waals surface area contributed by atoms with Gasteiger partial charge in [-0.1, -0.05) is 18.2 Å². The summed E-state index contributed by atoms with van der Waals surface area (Å²) in [6, 6.07) is 10.5. The van der Waals surface area contributed by atoms with Crippen LogP contribution >= 0.6 is 0 Å². The maximum atomic E-state index is 13.9. The predicted octanol–water partition coefficient (Wildman–Crippen LogP) is 3.85. The average Bonchev–Trinajstić information content (AvgIpc) is 2.77. The average molecular weight is 456 g/mol. The summed E-state index contributed by atoms with van der Waals surface area (Å²) < 4.78 is 34.1. The van der Waals surface area contributed by atoms with Gasteiger partial charge in [0, 0.05) is 37.1 Å². The van der Waals surface area contributed by atoms with Gasteiger partial charge >= 0.3 is 6.09 Å². The van der Waals surface area contributed by atoms with Crippen molar-refractivity contribution in [3.63, 3.8) is 0 Å². The van der Waals surface area contributed by atoms with E-state index in [2.05, 4.69) is 5.10 Å². The van der Waals surface area contributed by atoms with E-state index in [-0.39, 0.29) is 18.3 Å². The van der Waals surface area contributed by atoms with E-state index in [1.165, 1.54) is 10.7 Å². The maximum absolute atomic E-state index is 13.9. The first-order valence-electron chi connectivity index (χ1n) is 10.8. The number of rotatable bonds is 3. The fraction of sp³-hybridized carbons (Fsp3) is 0.375. The molecule has 33 heavy (non-hydrogen) atoms. The molecule has 1 fully saturated rings. The molecule has 0 bridgehead atoms. The number of carbonyl (C=O) groups excluding carboxylic acids is 1. The van der Waals surface area contributed by atoms with Gasteiger partial charge in [0.05, 0.1) is 17.7 Å². The summed E-state index contributed by atoms with van der Waals surface area (Å²) in [5.41, 5.74) is -0.0520. The Morgan fingerprint density at radius 1 is 1.00 bits per heavy atom. The van der Waals surface area contributed by atoms with Crippen LogP contribution in [0.25, 0.3) is 22.0 Å². The second-order valence-electron chi connectivity index (χ2n) is 9.05. The SMILES string of the molecule is CC(C)(C)OC(=O)N1CCN(Cn2nc(-c3ccc(F)c(F)c3)c3ccccc3c2=O)CC1. The second kappa shape index (κ2) is 8.90. The van der Waals surface area contributed by atoms with E-state index < -0.39 is 17.2 Å². The molecule has 174 valence electrons. The van der Waals surface area contributed by atoms with Gasteiger partial charge in [0.25, 0.3) is 5.56 Å². The summed E-state index contributed by atoms with van der Waals surface area (Å²) in [6.45, 7) is 7.70. The van der Waals surface area contributed by atoms with E-state index in [0.29, 0.717) is 48.2 Å². The Morgan fingerprint density at radius 2 is 1.67 bits per heavy atom. The first kappa shape index (κ1) is 22.8. The van der Waals surface area contributed by atoms with Crippen LogP contribution in [0, 0.1) is 11.6 Å². The number of hydrogen-bond donors (Lipinski definition) is 0. The van der Waals surface area contributed by atoms with Gasteiger partial charge in [0.2, 0.25) is 0 Å². The molecule has 1 aliphatic heterocycles. The highest BCUT2D eigenvalue weighted by Crippen LogP contribution is 2.26. The normalized spacial score (nSPS) is 15.1. The zero-order chi connectivity index (χ0) is 23.8. The van der Waals surface area contributed by atoms with Crippen molar-refractivity contribution in [3.05, 3.63) is 64.5 Å². The van der Waals surface area contributed by atoms with Gasteiger partial charge in [-0.2, -0.15) is 5.10 Å². The van der Waals surface area contributed by atoms with Crippen molar-refractivity contribution in [2.24, 2.45) is 0 Å². The lowest BCUT2D eigenvalue weighted by Crippen LogP contribution is -2.51. The molecule has 0 saturated carbocycles. The van der Waals surface area contributed by atoms with E-state index in [4.69, 9.17) is 4.74 Å². The highest BCUT2D eigenvalue weighted by molar-refractivity contribution is 5.93. The lowest BCUT2D eigenvalue weighted by molar-refractivity contribution is 0.0113. The van der Waals surface area contributed by atoms with Crippen LogP contribution in [0.3, 0.4) is 0 Å². The molecule has 1 aliphatic rings. The number of halogens is 2. The van der Waals surface area contributed by atoms with Crippen molar-refractivity contribution in [1.82, 2.24) is 19.6 Å². The topological polar surface area (TPSA) is 67.7 Å². The molecule has 4 rings (SSSR count). The fourth-order valence-electron chi connectivity index (χ4n) is 3.78. The van der Waals surface area contributed by atoms with Gasteiger partial charge in [-0.05, 0) is 45.0 Å². The summed E-state index contributed by atoms with van der Waals surface area (Å²) >= 11 is 0. The molecule has 1 amide bonds. The molecule has 0 unspecified atom stereocenters. The monoisotopic (exact) mass is 456 g/mol. The number of hydrogen-bond acceptors (Lipinski definition) is 5. The van der Waals surface area contributed by atoms with Gasteiger partial charge < -0.3 is 9.64 Å². The van der Waals surface area contributed by atoms with Crippen molar-refractivity contribution in [1.29, 1.82) is 0 Å². The van der Waals surface area contributed by atoms with Crippen molar-refractivity contribution in [3.8, 4) is 11.3 Å². The molecular formula is C24H26F2N4O3. The summed E-state index contributed by atoms with van der Waals surface area (Å²) in [5, 5.41) is 5.52. The lowest BCUT2D eigenvalue weighted by Gasteiger charge is -2.35. The van der Waals surface area contributed by atoms with Crippen molar-refractivity contribution < 1.29 is 18.3 Å². The number of benzene rings is 2. The Bertz CT molecular complexity index is 1240. The van der Waals surface area contributed by atoms with Crippen LogP contribution in [0.1, 0.15) is 20.8 Å². The molecule has 0 radical (unpaired) electrons. The Hall–Kier alpha value is -3.33. The molecule has 0 N–H and O–H groups in total. The molecule has 3 aromatic rings. The minimum Gasteiger partial charge on any atom is -0.444 e. The Morgan fingerprint density at radius 3 is 2.30 bits per heavy atom. The third-order valence-electron chi connectivity index (χ3n) is 5.42. The van der Waals surface area contributed by atoms with E-state index in [9.17, 15) is 18.4 Å². The maximum Gasteiger partial charge on any atom is 0.410 e. The van der Waals surface area contributed by atoms with Gasteiger partial charge in [-0.15, -0.1) is 0 Å². The van der Waals surface area contributed by atoms with Crippen molar-refractivity contribution in [2.45, 2.75) is 33.0 Å². The molecule has 0 aliphatic carbocycles. The summed E-state index contributed by atoms with van der Waals surface area (Å²) in [4.78, 5) is 29.0. The van der Waals surface area contributed by atoms with Crippen LogP contribution < -0.4 is 5.56 Å². The summed E-state index contributed by atoms with van der Waals surface area (Å²) in [7, 11) is 0. The first-order chi connectivity index (χ1) is 15.6. The number of aromatic nitrogens is 2. The van der Waals surface area contributed by atoms with Gasteiger partial charge in [-0.25, -0.2) is 18.3 Å². The molecule has 1 saturated heterocycles. The smallest absolute Gasteiger partial charge is 0.410 e. The second-order valence-corrected chi connectivity index (χ2v) is 9.05. The van der Waals surface area contributed by atoms with Crippen molar-refractivity contribution in [2.75, 3.05) is 26.2 Å². The number of piperazine rings is 1. The molecule has 0 spiro atoms. The lowest BCUT2D eigenvalue weighted by atomic mass is 10.0. The number of amides is 1. The van der Waals surface area contributed by atoms with Gasteiger partial charge in [-0.3, -0.25) is 9.69 Å². The van der Waals surface area contributed by atoms with Crippen LogP contribution in [0.5, 0.6) is 0 Å². The van der Waals surface area contributed by atoms with Gasteiger partial charge in [0.15, 0.2) is 11.6 Å². The number of nitrogens with zero attached hydrogens (tertiary/aromatic N) is 4. The van der Waals surface area contributed by atoms with E-state index >= 15 is 0 Å². The van der Waals surface area contributed by atoms with E-state index in [1.54, 1.807) is 29.2 Å². The number of ether oxygens (including phenoxy) is 1. The van der Waals surface area contributed by atoms with Gasteiger partial charge in [0.1, 0.15) is 5.60 Å². The zero-order valence-corrected chi connectivity index (χ0v) is 18.8. The first-order valence-corrected chi connectivity index (χ1v) is 10.8. The van der Waals surface area contributed by atoms with Crippen LogP contribution in [-0.2, 0) is 11.4 Å². The summed E-state index contributed by atoms with van der Waals surface area (Å²) in [5.74, 6) is -1.92. The van der Waals surface area contributed by atoms with E-state index in [0.717, 1.165) is 12.1 Å².